The Labute approximate surface area is 87.7 Å². The van der Waals surface area contributed by atoms with E-state index in [1.54, 1.807) is 0 Å². The number of hydrogen-bond acceptors (Lipinski definition) is 0. The minimum atomic E-state index is 1.15. The first-order chi connectivity index (χ1) is 7.00. The summed E-state index contributed by atoms with van der Waals surface area (Å²) in [7, 11) is 0. The summed E-state index contributed by atoms with van der Waals surface area (Å²) in [6.45, 7) is 0. The molecule has 0 aliphatic heterocycles. The third-order valence-electron chi connectivity index (χ3n) is 2.12. The van der Waals surface area contributed by atoms with Gasteiger partial charge in [0.05, 0.1) is 0 Å². The molecule has 0 unspecified atom stereocenters. The molecule has 0 aromatic heterocycles. The van der Waals surface area contributed by atoms with Gasteiger partial charge in [-0.25, -0.2) is 0 Å². The molecule has 1 aliphatic rings. The van der Waals surface area contributed by atoms with Gasteiger partial charge in [-0.1, -0.05) is 48.6 Å². The van der Waals surface area contributed by atoms with Gasteiger partial charge >= 0.3 is 0 Å². The molecule has 0 N–H and O–H groups in total. The van der Waals surface area contributed by atoms with Crippen LogP contribution in [0.2, 0.25) is 0 Å². The zero-order chi connectivity index (χ0) is 9.90. The van der Waals surface area contributed by atoms with Crippen molar-refractivity contribution in [2.45, 2.75) is 32.1 Å². The summed E-state index contributed by atoms with van der Waals surface area (Å²) in [4.78, 5) is 0. The van der Waals surface area contributed by atoms with Gasteiger partial charge in [0.25, 0.3) is 0 Å². The molecule has 75 valence electrons. The molecule has 0 saturated heterocycles. The zero-order valence-electron chi connectivity index (χ0n) is 8.73. The van der Waals surface area contributed by atoms with E-state index in [0.717, 1.165) is 6.42 Å². The summed E-state index contributed by atoms with van der Waals surface area (Å²) < 4.78 is 0. The lowest BCUT2D eigenvalue weighted by Gasteiger charge is -1.91. The van der Waals surface area contributed by atoms with Gasteiger partial charge in [0.1, 0.15) is 0 Å². The SMILES string of the molecule is [CH]1/C=C\CCC/C=C/CC/C=C/C=C/1. The van der Waals surface area contributed by atoms with Gasteiger partial charge in [-0.3, -0.25) is 0 Å². The fourth-order valence-corrected chi connectivity index (χ4v) is 1.32. The van der Waals surface area contributed by atoms with Crippen molar-refractivity contribution in [1.29, 1.82) is 0 Å². The number of rotatable bonds is 0. The highest BCUT2D eigenvalue weighted by atomic mass is 13.9. The smallest absolute Gasteiger partial charge is 0.00473 e. The van der Waals surface area contributed by atoms with E-state index in [1.165, 1.54) is 25.7 Å². The maximum atomic E-state index is 2.30. The topological polar surface area (TPSA) is 0 Å². The summed E-state index contributed by atoms with van der Waals surface area (Å²) >= 11 is 0. The Morgan fingerprint density at radius 2 is 1.21 bits per heavy atom. The second kappa shape index (κ2) is 8.55. The molecule has 0 saturated carbocycles. The molecule has 0 heteroatoms. The number of hydrogen-bond donors (Lipinski definition) is 0. The first kappa shape index (κ1) is 11.0. The van der Waals surface area contributed by atoms with Crippen molar-refractivity contribution < 1.29 is 0 Å². The molecule has 1 rings (SSSR count). The molecule has 0 atom stereocenters. The first-order valence-corrected chi connectivity index (χ1v) is 5.47. The Morgan fingerprint density at radius 3 is 2.21 bits per heavy atom. The van der Waals surface area contributed by atoms with E-state index >= 15 is 0 Å². The lowest BCUT2D eigenvalue weighted by molar-refractivity contribution is 0.862. The van der Waals surface area contributed by atoms with Crippen molar-refractivity contribution in [3.05, 3.63) is 55.0 Å². The highest BCUT2D eigenvalue weighted by Gasteiger charge is 1.82. The van der Waals surface area contributed by atoms with Crippen molar-refractivity contribution in [3.63, 3.8) is 0 Å². The average Bonchev–Trinajstić information content (AvgIpc) is 2.22. The van der Waals surface area contributed by atoms with Gasteiger partial charge in [-0.15, -0.1) is 0 Å². The summed E-state index contributed by atoms with van der Waals surface area (Å²) in [6, 6.07) is 0. The predicted molar refractivity (Wildman–Crippen MR) is 63.9 cm³/mol. The average molecular weight is 187 g/mol. The van der Waals surface area contributed by atoms with Gasteiger partial charge in [0, 0.05) is 6.42 Å². The standard InChI is InChI=1S/C14H19/c1-2-4-6-8-10-12-14-13-11-9-7-5-3-1/h1-7,12,14H,8-11,13H2/b2-1+,6-4+,7-5-,14-12+. The second-order valence-corrected chi connectivity index (χ2v) is 3.41. The van der Waals surface area contributed by atoms with E-state index in [2.05, 4.69) is 55.0 Å². The molecule has 0 fully saturated rings. The molecule has 0 bridgehead atoms. The Bertz CT molecular complexity index is 228. The Morgan fingerprint density at radius 1 is 0.500 bits per heavy atom. The highest BCUT2D eigenvalue weighted by Crippen LogP contribution is 2.02. The Kier molecular flexibility index (Phi) is 6.74. The lowest BCUT2D eigenvalue weighted by atomic mass is 10.2. The molecular formula is C14H19. The molecule has 14 heavy (non-hydrogen) atoms. The highest BCUT2D eigenvalue weighted by molar-refractivity contribution is 5.14. The van der Waals surface area contributed by atoms with Crippen LogP contribution in [0.1, 0.15) is 32.1 Å². The van der Waals surface area contributed by atoms with Crippen LogP contribution in [0.25, 0.3) is 0 Å². The van der Waals surface area contributed by atoms with Crippen LogP contribution in [0, 0.1) is 6.42 Å². The van der Waals surface area contributed by atoms with E-state index in [-0.39, 0.29) is 0 Å². The molecule has 1 aliphatic carbocycles. The van der Waals surface area contributed by atoms with Crippen molar-refractivity contribution >= 4 is 0 Å². The maximum absolute atomic E-state index is 2.30. The summed E-state index contributed by atoms with van der Waals surface area (Å²) in [6.07, 6.45) is 25.5. The van der Waals surface area contributed by atoms with Gasteiger partial charge in [-0.2, -0.15) is 0 Å². The van der Waals surface area contributed by atoms with Gasteiger partial charge in [-0.05, 0) is 32.1 Å². The van der Waals surface area contributed by atoms with E-state index < -0.39 is 0 Å². The minimum absolute atomic E-state index is 1.15. The Hall–Kier alpha value is -1.04. The van der Waals surface area contributed by atoms with Crippen LogP contribution in [0.4, 0.5) is 0 Å². The van der Waals surface area contributed by atoms with Crippen molar-refractivity contribution in [3.8, 4) is 0 Å². The van der Waals surface area contributed by atoms with Crippen LogP contribution in [0.5, 0.6) is 0 Å². The largest absolute Gasteiger partial charge is 0.0885 e. The van der Waals surface area contributed by atoms with Crippen LogP contribution in [-0.4, -0.2) is 0 Å². The first-order valence-electron chi connectivity index (χ1n) is 5.47. The van der Waals surface area contributed by atoms with Crippen LogP contribution in [0.15, 0.2) is 48.6 Å². The van der Waals surface area contributed by atoms with Crippen molar-refractivity contribution in [2.24, 2.45) is 0 Å². The van der Waals surface area contributed by atoms with E-state index in [4.69, 9.17) is 0 Å². The van der Waals surface area contributed by atoms with Gasteiger partial charge in [0.2, 0.25) is 0 Å². The molecule has 0 aromatic carbocycles. The molecule has 1 radical (unpaired) electrons. The quantitative estimate of drug-likeness (QED) is 0.494. The lowest BCUT2D eigenvalue weighted by Crippen LogP contribution is -1.71. The van der Waals surface area contributed by atoms with Gasteiger partial charge < -0.3 is 0 Å². The normalized spacial score (nSPS) is 28.6. The summed E-state index contributed by atoms with van der Waals surface area (Å²) in [5.41, 5.74) is 0. The third-order valence-corrected chi connectivity index (χ3v) is 2.12. The Balaban J connectivity index is 2.35. The summed E-state index contributed by atoms with van der Waals surface area (Å²) in [5, 5.41) is 0. The molecule has 0 amide bonds. The van der Waals surface area contributed by atoms with Crippen LogP contribution >= 0.6 is 0 Å². The second-order valence-electron chi connectivity index (χ2n) is 3.41. The van der Waals surface area contributed by atoms with E-state index in [1.807, 2.05) is 0 Å². The monoisotopic (exact) mass is 187 g/mol. The van der Waals surface area contributed by atoms with Crippen molar-refractivity contribution in [2.75, 3.05) is 0 Å². The van der Waals surface area contributed by atoms with Crippen LogP contribution < -0.4 is 0 Å². The molecule has 0 heterocycles. The van der Waals surface area contributed by atoms with Gasteiger partial charge in [0.15, 0.2) is 0 Å². The van der Waals surface area contributed by atoms with Crippen LogP contribution in [0.3, 0.4) is 0 Å². The molecule has 0 aromatic rings. The van der Waals surface area contributed by atoms with Crippen LogP contribution in [-0.2, 0) is 0 Å². The van der Waals surface area contributed by atoms with E-state index in [0.29, 0.717) is 0 Å². The predicted octanol–water partition coefficient (Wildman–Crippen LogP) is 4.38. The fourth-order valence-electron chi connectivity index (χ4n) is 1.32. The molecule has 0 spiro atoms. The third kappa shape index (κ3) is 6.47. The zero-order valence-corrected chi connectivity index (χ0v) is 8.73. The fraction of sp³-hybridized carbons (Fsp3) is 0.357. The molecular weight excluding hydrogens is 168 g/mol. The van der Waals surface area contributed by atoms with E-state index in [9.17, 15) is 0 Å². The number of allylic oxidation sites excluding steroid dienone is 8. The maximum Gasteiger partial charge on any atom is 0.00473 e. The summed E-state index contributed by atoms with van der Waals surface area (Å²) in [5.74, 6) is 0. The minimum Gasteiger partial charge on any atom is -0.0885 e. The molecule has 0 nitrogen and oxygen atoms in total. The van der Waals surface area contributed by atoms with Crippen molar-refractivity contribution in [1.82, 2.24) is 0 Å².